The summed E-state index contributed by atoms with van der Waals surface area (Å²) in [6.45, 7) is 2.44. The standard InChI is InChI=1S/C16H18ClNO3S/c1-13(21-12-14-7-9-15(17)10-8-14)11-18-22(19,20)16-5-3-2-4-6-16/h2-10,13,18H,11-12H2,1H3. The number of sulfonamides is 1. The number of benzene rings is 2. The van der Waals surface area contributed by atoms with E-state index in [0.717, 1.165) is 5.56 Å². The second kappa shape index (κ2) is 7.74. The Morgan fingerprint density at radius 3 is 2.36 bits per heavy atom. The van der Waals surface area contributed by atoms with Crippen molar-refractivity contribution in [3.05, 3.63) is 65.2 Å². The van der Waals surface area contributed by atoms with Crippen LogP contribution in [0.3, 0.4) is 0 Å². The van der Waals surface area contributed by atoms with Crippen molar-refractivity contribution in [3.63, 3.8) is 0 Å². The molecule has 0 saturated carbocycles. The molecule has 0 aliphatic heterocycles. The van der Waals surface area contributed by atoms with Gasteiger partial charge in [-0.3, -0.25) is 0 Å². The van der Waals surface area contributed by atoms with Gasteiger partial charge in [-0.05, 0) is 36.8 Å². The molecule has 1 unspecified atom stereocenters. The Morgan fingerprint density at radius 1 is 1.09 bits per heavy atom. The third kappa shape index (κ3) is 5.10. The zero-order valence-corrected chi connectivity index (χ0v) is 13.8. The van der Waals surface area contributed by atoms with E-state index in [1.807, 2.05) is 19.1 Å². The largest absolute Gasteiger partial charge is 0.372 e. The maximum absolute atomic E-state index is 12.1. The molecule has 0 heterocycles. The van der Waals surface area contributed by atoms with Gasteiger partial charge in [0, 0.05) is 11.6 Å². The summed E-state index contributed by atoms with van der Waals surface area (Å²) in [6.07, 6.45) is -0.242. The number of nitrogens with one attached hydrogen (secondary N) is 1. The van der Waals surface area contributed by atoms with Crippen LogP contribution in [0.2, 0.25) is 5.02 Å². The molecule has 2 rings (SSSR count). The summed E-state index contributed by atoms with van der Waals surface area (Å²) in [4.78, 5) is 0.250. The summed E-state index contributed by atoms with van der Waals surface area (Å²) in [5.74, 6) is 0. The maximum atomic E-state index is 12.1. The number of hydrogen-bond acceptors (Lipinski definition) is 3. The lowest BCUT2D eigenvalue weighted by Gasteiger charge is -2.14. The smallest absolute Gasteiger partial charge is 0.240 e. The molecule has 0 aliphatic carbocycles. The Bertz CT molecular complexity index is 687. The van der Waals surface area contributed by atoms with Gasteiger partial charge in [0.25, 0.3) is 0 Å². The van der Waals surface area contributed by atoms with E-state index in [2.05, 4.69) is 4.72 Å². The van der Waals surface area contributed by atoms with Gasteiger partial charge in [0.2, 0.25) is 10.0 Å². The fraction of sp³-hybridized carbons (Fsp3) is 0.250. The zero-order valence-electron chi connectivity index (χ0n) is 12.2. The van der Waals surface area contributed by atoms with E-state index >= 15 is 0 Å². The molecule has 0 spiro atoms. The Balaban J connectivity index is 1.82. The minimum atomic E-state index is -3.49. The first-order valence-electron chi connectivity index (χ1n) is 6.88. The van der Waals surface area contributed by atoms with Crippen LogP contribution in [-0.4, -0.2) is 21.1 Å². The van der Waals surface area contributed by atoms with Crippen molar-refractivity contribution in [1.82, 2.24) is 4.72 Å². The zero-order chi connectivity index (χ0) is 16.0. The van der Waals surface area contributed by atoms with E-state index in [0.29, 0.717) is 11.6 Å². The molecule has 0 aliphatic rings. The maximum Gasteiger partial charge on any atom is 0.240 e. The number of hydrogen-bond donors (Lipinski definition) is 1. The van der Waals surface area contributed by atoms with Crippen molar-refractivity contribution in [2.24, 2.45) is 0 Å². The third-order valence-electron chi connectivity index (χ3n) is 3.06. The van der Waals surface area contributed by atoms with Crippen LogP contribution in [0.25, 0.3) is 0 Å². The van der Waals surface area contributed by atoms with Crippen LogP contribution in [0.5, 0.6) is 0 Å². The predicted octanol–water partition coefficient (Wildman–Crippen LogP) is 3.22. The number of halogens is 1. The van der Waals surface area contributed by atoms with Gasteiger partial charge in [-0.15, -0.1) is 0 Å². The molecule has 1 atom stereocenters. The third-order valence-corrected chi connectivity index (χ3v) is 4.75. The highest BCUT2D eigenvalue weighted by Crippen LogP contribution is 2.11. The summed E-state index contributed by atoms with van der Waals surface area (Å²) < 4.78 is 32.3. The Hall–Kier alpha value is -1.40. The molecule has 0 saturated heterocycles. The van der Waals surface area contributed by atoms with E-state index in [9.17, 15) is 8.42 Å². The summed E-state index contributed by atoms with van der Waals surface area (Å²) >= 11 is 5.82. The normalized spacial score (nSPS) is 13.0. The van der Waals surface area contributed by atoms with Crippen LogP contribution in [0.4, 0.5) is 0 Å². The molecule has 0 radical (unpaired) electrons. The summed E-state index contributed by atoms with van der Waals surface area (Å²) in [6, 6.07) is 15.6. The molecule has 22 heavy (non-hydrogen) atoms. The van der Waals surface area contributed by atoms with Gasteiger partial charge >= 0.3 is 0 Å². The van der Waals surface area contributed by atoms with E-state index in [-0.39, 0.29) is 17.5 Å². The second-order valence-corrected chi connectivity index (χ2v) is 7.12. The Morgan fingerprint density at radius 2 is 1.73 bits per heavy atom. The minimum Gasteiger partial charge on any atom is -0.372 e. The number of rotatable bonds is 7. The van der Waals surface area contributed by atoms with Crippen molar-refractivity contribution in [2.75, 3.05) is 6.54 Å². The minimum absolute atomic E-state index is 0.213. The first-order chi connectivity index (χ1) is 10.5. The molecule has 2 aromatic carbocycles. The predicted molar refractivity (Wildman–Crippen MR) is 87.3 cm³/mol. The fourth-order valence-corrected chi connectivity index (χ4v) is 3.05. The molecule has 118 valence electrons. The molecule has 6 heteroatoms. The summed E-state index contributed by atoms with van der Waals surface area (Å²) in [7, 11) is -3.49. The van der Waals surface area contributed by atoms with E-state index in [1.54, 1.807) is 42.5 Å². The van der Waals surface area contributed by atoms with E-state index < -0.39 is 10.0 Å². The van der Waals surface area contributed by atoms with Crippen molar-refractivity contribution in [2.45, 2.75) is 24.5 Å². The average Bonchev–Trinajstić information content (AvgIpc) is 2.53. The molecule has 0 fully saturated rings. The molecule has 1 N–H and O–H groups in total. The van der Waals surface area contributed by atoms with Gasteiger partial charge in [0.05, 0.1) is 17.6 Å². The fourth-order valence-electron chi connectivity index (χ4n) is 1.79. The van der Waals surface area contributed by atoms with Crippen LogP contribution in [-0.2, 0) is 21.4 Å². The molecule has 2 aromatic rings. The lowest BCUT2D eigenvalue weighted by molar-refractivity contribution is 0.0566. The molecular weight excluding hydrogens is 322 g/mol. The van der Waals surface area contributed by atoms with E-state index in [1.165, 1.54) is 0 Å². The second-order valence-electron chi connectivity index (χ2n) is 4.91. The van der Waals surface area contributed by atoms with Gasteiger partial charge in [-0.1, -0.05) is 41.9 Å². The van der Waals surface area contributed by atoms with Gasteiger partial charge in [0.15, 0.2) is 0 Å². The summed E-state index contributed by atoms with van der Waals surface area (Å²) in [5.41, 5.74) is 0.988. The number of ether oxygens (including phenoxy) is 1. The van der Waals surface area contributed by atoms with Gasteiger partial charge in [0.1, 0.15) is 0 Å². The van der Waals surface area contributed by atoms with Crippen LogP contribution < -0.4 is 4.72 Å². The monoisotopic (exact) mass is 339 g/mol. The quantitative estimate of drug-likeness (QED) is 0.842. The lowest BCUT2D eigenvalue weighted by Crippen LogP contribution is -2.32. The highest BCUT2D eigenvalue weighted by atomic mass is 35.5. The molecule has 4 nitrogen and oxygen atoms in total. The van der Waals surface area contributed by atoms with Crippen LogP contribution in [0.1, 0.15) is 12.5 Å². The first kappa shape index (κ1) is 17.0. The van der Waals surface area contributed by atoms with Gasteiger partial charge in [-0.2, -0.15) is 0 Å². The van der Waals surface area contributed by atoms with Gasteiger partial charge in [-0.25, -0.2) is 13.1 Å². The van der Waals surface area contributed by atoms with Crippen molar-refractivity contribution < 1.29 is 13.2 Å². The lowest BCUT2D eigenvalue weighted by atomic mass is 10.2. The van der Waals surface area contributed by atoms with Crippen molar-refractivity contribution in [3.8, 4) is 0 Å². The van der Waals surface area contributed by atoms with Crippen molar-refractivity contribution in [1.29, 1.82) is 0 Å². The van der Waals surface area contributed by atoms with E-state index in [4.69, 9.17) is 16.3 Å². The molecule has 0 aromatic heterocycles. The topological polar surface area (TPSA) is 55.4 Å². The summed E-state index contributed by atoms with van der Waals surface area (Å²) in [5, 5.41) is 0.674. The van der Waals surface area contributed by atoms with Crippen LogP contribution >= 0.6 is 11.6 Å². The molecular formula is C16H18ClNO3S. The molecule has 0 amide bonds. The van der Waals surface area contributed by atoms with Crippen LogP contribution in [0, 0.1) is 0 Å². The highest BCUT2D eigenvalue weighted by molar-refractivity contribution is 7.89. The Labute approximate surface area is 136 Å². The SMILES string of the molecule is CC(CNS(=O)(=O)c1ccccc1)OCc1ccc(Cl)cc1. The molecule has 0 bridgehead atoms. The average molecular weight is 340 g/mol. The highest BCUT2D eigenvalue weighted by Gasteiger charge is 2.14. The van der Waals surface area contributed by atoms with Crippen molar-refractivity contribution >= 4 is 21.6 Å². The van der Waals surface area contributed by atoms with Gasteiger partial charge < -0.3 is 4.74 Å². The first-order valence-corrected chi connectivity index (χ1v) is 8.74. The van der Waals surface area contributed by atoms with Crippen LogP contribution in [0.15, 0.2) is 59.5 Å². The Kier molecular flexibility index (Phi) is 5.97.